The zero-order chi connectivity index (χ0) is 15.3. The fourth-order valence-electron chi connectivity index (χ4n) is 3.46. The second kappa shape index (κ2) is 7.43. The van der Waals surface area contributed by atoms with Gasteiger partial charge in [0.05, 0.1) is 6.07 Å². The fraction of sp³-hybridized carbons (Fsp3) is 0.941. The number of nitrogens with zero attached hydrogens (tertiary/aromatic N) is 2. The predicted octanol–water partition coefficient (Wildman–Crippen LogP) is 3.41. The maximum absolute atomic E-state index is 9.60. The van der Waals surface area contributed by atoms with Gasteiger partial charge in [-0.3, -0.25) is 10.2 Å². The number of hydrogen-bond donors (Lipinski definition) is 1. The quantitative estimate of drug-likeness (QED) is 0.776. The molecule has 0 radical (unpaired) electrons. The summed E-state index contributed by atoms with van der Waals surface area (Å²) < 4.78 is 0. The molecule has 116 valence electrons. The van der Waals surface area contributed by atoms with Crippen LogP contribution in [-0.2, 0) is 0 Å². The van der Waals surface area contributed by atoms with E-state index in [-0.39, 0.29) is 5.54 Å². The SMILES string of the molecule is CC(C)CN(CC(C)C)C1CCC(C#N)(NC(C)C)C1. The zero-order valence-electron chi connectivity index (χ0n) is 14.2. The Morgan fingerprint density at radius 3 is 2.10 bits per heavy atom. The van der Waals surface area contributed by atoms with Gasteiger partial charge in [-0.1, -0.05) is 27.7 Å². The normalized spacial score (nSPS) is 26.9. The van der Waals surface area contributed by atoms with Crippen LogP contribution in [0.25, 0.3) is 0 Å². The van der Waals surface area contributed by atoms with Crippen molar-refractivity contribution >= 4 is 0 Å². The van der Waals surface area contributed by atoms with E-state index in [9.17, 15) is 5.26 Å². The Kier molecular flexibility index (Phi) is 6.48. The minimum absolute atomic E-state index is 0.301. The van der Waals surface area contributed by atoms with E-state index in [1.165, 1.54) is 0 Å². The van der Waals surface area contributed by atoms with Gasteiger partial charge < -0.3 is 0 Å². The smallest absolute Gasteiger partial charge is 0.108 e. The Morgan fingerprint density at radius 1 is 1.15 bits per heavy atom. The molecule has 1 N–H and O–H groups in total. The summed E-state index contributed by atoms with van der Waals surface area (Å²) in [6, 6.07) is 3.50. The van der Waals surface area contributed by atoms with E-state index in [4.69, 9.17) is 0 Å². The summed E-state index contributed by atoms with van der Waals surface area (Å²) in [5, 5.41) is 13.1. The molecule has 0 amide bonds. The Hall–Kier alpha value is -0.590. The van der Waals surface area contributed by atoms with Crippen LogP contribution in [0.3, 0.4) is 0 Å². The van der Waals surface area contributed by atoms with Crippen molar-refractivity contribution in [2.24, 2.45) is 11.8 Å². The molecule has 2 atom stereocenters. The molecule has 20 heavy (non-hydrogen) atoms. The highest BCUT2D eigenvalue weighted by Gasteiger charge is 2.41. The molecule has 1 saturated carbocycles. The fourth-order valence-corrected chi connectivity index (χ4v) is 3.46. The highest BCUT2D eigenvalue weighted by Crippen LogP contribution is 2.34. The average molecular weight is 279 g/mol. The van der Waals surface area contributed by atoms with Crippen molar-refractivity contribution in [1.29, 1.82) is 5.26 Å². The van der Waals surface area contributed by atoms with Crippen molar-refractivity contribution in [1.82, 2.24) is 10.2 Å². The molecule has 1 aliphatic carbocycles. The lowest BCUT2D eigenvalue weighted by molar-refractivity contribution is 0.153. The number of hydrogen-bond acceptors (Lipinski definition) is 3. The predicted molar refractivity (Wildman–Crippen MR) is 85.5 cm³/mol. The number of rotatable bonds is 7. The van der Waals surface area contributed by atoms with Crippen LogP contribution in [-0.4, -0.2) is 35.6 Å². The Morgan fingerprint density at radius 2 is 1.70 bits per heavy atom. The maximum Gasteiger partial charge on any atom is 0.108 e. The average Bonchev–Trinajstić information content (AvgIpc) is 2.71. The monoisotopic (exact) mass is 279 g/mol. The van der Waals surface area contributed by atoms with Crippen LogP contribution >= 0.6 is 0 Å². The molecule has 0 bridgehead atoms. The summed E-state index contributed by atoms with van der Waals surface area (Å²) in [6.07, 6.45) is 3.10. The molecular formula is C17H33N3. The number of nitrogens with one attached hydrogen (secondary N) is 1. The zero-order valence-corrected chi connectivity index (χ0v) is 14.2. The van der Waals surface area contributed by atoms with Gasteiger partial charge in [-0.05, 0) is 44.9 Å². The van der Waals surface area contributed by atoms with Crippen molar-refractivity contribution in [3.8, 4) is 6.07 Å². The summed E-state index contributed by atoms with van der Waals surface area (Å²) in [7, 11) is 0. The Balaban J connectivity index is 2.72. The molecule has 3 nitrogen and oxygen atoms in total. The van der Waals surface area contributed by atoms with E-state index in [0.717, 1.165) is 32.4 Å². The standard InChI is InChI=1S/C17H33N3/c1-13(2)10-20(11-14(3)4)16-7-8-17(9-16,12-18)19-15(5)6/h13-16,19H,7-11H2,1-6H3. The lowest BCUT2D eigenvalue weighted by Crippen LogP contribution is -2.47. The molecule has 3 heteroatoms. The molecule has 0 spiro atoms. The minimum Gasteiger partial charge on any atom is -0.300 e. The molecular weight excluding hydrogens is 246 g/mol. The van der Waals surface area contributed by atoms with E-state index < -0.39 is 0 Å². The first-order valence-electron chi connectivity index (χ1n) is 8.21. The van der Waals surface area contributed by atoms with Crippen LogP contribution in [0, 0.1) is 23.2 Å². The Labute approximate surface area is 125 Å². The van der Waals surface area contributed by atoms with E-state index in [2.05, 4.69) is 57.8 Å². The van der Waals surface area contributed by atoms with Gasteiger partial charge >= 0.3 is 0 Å². The third kappa shape index (κ3) is 5.07. The highest BCUT2D eigenvalue weighted by molar-refractivity contribution is 5.14. The first kappa shape index (κ1) is 17.5. The van der Waals surface area contributed by atoms with Crippen LogP contribution in [0.1, 0.15) is 60.8 Å². The second-order valence-corrected chi connectivity index (χ2v) is 7.63. The molecule has 0 heterocycles. The first-order valence-corrected chi connectivity index (χ1v) is 8.21. The molecule has 1 rings (SSSR count). The number of nitriles is 1. The van der Waals surface area contributed by atoms with Crippen molar-refractivity contribution < 1.29 is 0 Å². The largest absolute Gasteiger partial charge is 0.300 e. The molecule has 0 aliphatic heterocycles. The van der Waals surface area contributed by atoms with Crippen LogP contribution < -0.4 is 5.32 Å². The topological polar surface area (TPSA) is 39.1 Å². The highest BCUT2D eigenvalue weighted by atomic mass is 15.2. The van der Waals surface area contributed by atoms with Gasteiger partial charge in [0.25, 0.3) is 0 Å². The third-order valence-corrected chi connectivity index (χ3v) is 3.98. The van der Waals surface area contributed by atoms with Gasteiger partial charge in [0.2, 0.25) is 0 Å². The first-order chi connectivity index (χ1) is 9.28. The van der Waals surface area contributed by atoms with E-state index >= 15 is 0 Å². The van der Waals surface area contributed by atoms with Crippen LogP contribution in [0.2, 0.25) is 0 Å². The molecule has 0 aromatic carbocycles. The third-order valence-electron chi connectivity index (χ3n) is 3.98. The summed E-state index contributed by atoms with van der Waals surface area (Å²) in [6.45, 7) is 15.7. The van der Waals surface area contributed by atoms with E-state index in [0.29, 0.717) is 23.9 Å². The van der Waals surface area contributed by atoms with Crippen LogP contribution in [0.5, 0.6) is 0 Å². The summed E-state index contributed by atoms with van der Waals surface area (Å²) in [5.74, 6) is 1.37. The van der Waals surface area contributed by atoms with Crippen LogP contribution in [0.4, 0.5) is 0 Å². The molecule has 0 aromatic heterocycles. The van der Waals surface area contributed by atoms with E-state index in [1.807, 2.05) is 0 Å². The van der Waals surface area contributed by atoms with Crippen molar-refractivity contribution in [3.05, 3.63) is 0 Å². The summed E-state index contributed by atoms with van der Waals surface area (Å²) >= 11 is 0. The lowest BCUT2D eigenvalue weighted by Gasteiger charge is -2.33. The molecule has 0 aromatic rings. The van der Waals surface area contributed by atoms with Crippen molar-refractivity contribution in [2.45, 2.75) is 78.4 Å². The maximum atomic E-state index is 9.60. The van der Waals surface area contributed by atoms with Crippen molar-refractivity contribution in [2.75, 3.05) is 13.1 Å². The molecule has 0 saturated heterocycles. The lowest BCUT2D eigenvalue weighted by atomic mass is 9.97. The van der Waals surface area contributed by atoms with Gasteiger partial charge in [-0.15, -0.1) is 0 Å². The summed E-state index contributed by atoms with van der Waals surface area (Å²) in [4.78, 5) is 2.62. The van der Waals surface area contributed by atoms with Gasteiger partial charge in [0.1, 0.15) is 5.54 Å². The minimum atomic E-state index is -0.301. The van der Waals surface area contributed by atoms with Gasteiger partial charge in [-0.25, -0.2) is 0 Å². The van der Waals surface area contributed by atoms with Gasteiger partial charge in [-0.2, -0.15) is 5.26 Å². The van der Waals surface area contributed by atoms with Gasteiger partial charge in [0, 0.05) is 25.2 Å². The van der Waals surface area contributed by atoms with Crippen LogP contribution in [0.15, 0.2) is 0 Å². The van der Waals surface area contributed by atoms with Gasteiger partial charge in [0.15, 0.2) is 0 Å². The molecule has 1 aliphatic rings. The van der Waals surface area contributed by atoms with E-state index in [1.54, 1.807) is 0 Å². The summed E-state index contributed by atoms with van der Waals surface area (Å²) in [5.41, 5.74) is -0.301. The van der Waals surface area contributed by atoms with Crippen molar-refractivity contribution in [3.63, 3.8) is 0 Å². The molecule has 2 unspecified atom stereocenters. The molecule has 1 fully saturated rings. The second-order valence-electron chi connectivity index (χ2n) is 7.63. The Bertz CT molecular complexity index is 320.